The molecule has 0 aliphatic heterocycles. The fourth-order valence-corrected chi connectivity index (χ4v) is 1.95. The topological polar surface area (TPSA) is 29.5 Å². The van der Waals surface area contributed by atoms with Crippen LogP contribution >= 0.6 is 23.2 Å². The summed E-state index contributed by atoms with van der Waals surface area (Å²) in [5.41, 5.74) is 0.344. The Bertz CT molecular complexity index is 600. The van der Waals surface area contributed by atoms with Crippen LogP contribution in [0.1, 0.15) is 18.6 Å². The number of rotatable bonds is 3. The van der Waals surface area contributed by atoms with Crippen LogP contribution in [0.2, 0.25) is 10.0 Å². The molecular weight excluding hydrogens is 290 g/mol. The van der Waals surface area contributed by atoms with Crippen molar-refractivity contribution in [2.45, 2.75) is 13.0 Å². The number of aliphatic hydroxyl groups is 1. The average Bonchev–Trinajstić information content (AvgIpc) is 2.35. The van der Waals surface area contributed by atoms with E-state index in [1.807, 2.05) is 0 Å². The number of hydrogen-bond acceptors (Lipinski definition) is 2. The summed E-state index contributed by atoms with van der Waals surface area (Å²) in [4.78, 5) is 0. The normalized spacial score (nSPS) is 12.3. The number of benzene rings is 2. The van der Waals surface area contributed by atoms with E-state index in [0.29, 0.717) is 15.6 Å². The maximum atomic E-state index is 13.8. The van der Waals surface area contributed by atoms with Gasteiger partial charge < -0.3 is 9.84 Å². The smallest absolute Gasteiger partial charge is 0.168 e. The van der Waals surface area contributed by atoms with Gasteiger partial charge in [0, 0.05) is 16.7 Å². The van der Waals surface area contributed by atoms with Gasteiger partial charge in [-0.3, -0.25) is 0 Å². The van der Waals surface area contributed by atoms with Crippen molar-refractivity contribution in [1.29, 1.82) is 0 Å². The summed E-state index contributed by atoms with van der Waals surface area (Å²) >= 11 is 11.8. The zero-order chi connectivity index (χ0) is 14.0. The summed E-state index contributed by atoms with van der Waals surface area (Å²) in [7, 11) is 0. The van der Waals surface area contributed by atoms with Gasteiger partial charge in [0.2, 0.25) is 0 Å². The quantitative estimate of drug-likeness (QED) is 0.866. The number of para-hydroxylation sites is 1. The third-order valence-corrected chi connectivity index (χ3v) is 3.10. The largest absolute Gasteiger partial charge is 0.452 e. The highest BCUT2D eigenvalue weighted by molar-refractivity contribution is 6.34. The lowest BCUT2D eigenvalue weighted by atomic mass is 10.1. The summed E-state index contributed by atoms with van der Waals surface area (Å²) < 4.78 is 19.3. The Hall–Kier alpha value is -1.29. The molecule has 0 spiro atoms. The first kappa shape index (κ1) is 14.1. The first-order valence-electron chi connectivity index (χ1n) is 5.58. The molecule has 2 rings (SSSR count). The molecule has 1 atom stereocenters. The molecule has 19 heavy (non-hydrogen) atoms. The van der Waals surface area contributed by atoms with Crippen molar-refractivity contribution in [1.82, 2.24) is 0 Å². The molecule has 0 saturated heterocycles. The lowest BCUT2D eigenvalue weighted by molar-refractivity contribution is 0.194. The molecule has 0 radical (unpaired) electrons. The Morgan fingerprint density at radius 1 is 1.21 bits per heavy atom. The van der Waals surface area contributed by atoms with Crippen LogP contribution in [0.15, 0.2) is 36.4 Å². The first-order chi connectivity index (χ1) is 8.99. The van der Waals surface area contributed by atoms with Gasteiger partial charge in [0.05, 0.1) is 11.1 Å². The third-order valence-electron chi connectivity index (χ3n) is 2.55. The molecule has 100 valence electrons. The standard InChI is InChI=1S/C14H11Cl2FO2/c1-8(18)10-3-2-4-12(17)14(10)19-13-7-9(15)5-6-11(13)16/h2-8,18H,1H3/t8-/m0/s1. The number of hydrogen-bond donors (Lipinski definition) is 1. The molecule has 0 heterocycles. The van der Waals surface area contributed by atoms with Crippen LogP contribution in [0.4, 0.5) is 4.39 Å². The van der Waals surface area contributed by atoms with Gasteiger partial charge in [0.1, 0.15) is 5.75 Å². The van der Waals surface area contributed by atoms with Crippen molar-refractivity contribution < 1.29 is 14.2 Å². The molecule has 2 nitrogen and oxygen atoms in total. The van der Waals surface area contributed by atoms with E-state index < -0.39 is 11.9 Å². The van der Waals surface area contributed by atoms with E-state index in [1.54, 1.807) is 18.2 Å². The van der Waals surface area contributed by atoms with Crippen LogP contribution in [0.25, 0.3) is 0 Å². The van der Waals surface area contributed by atoms with Gasteiger partial charge in [-0.05, 0) is 25.1 Å². The van der Waals surface area contributed by atoms with Crippen LogP contribution in [0.3, 0.4) is 0 Å². The van der Waals surface area contributed by atoms with Gasteiger partial charge in [-0.2, -0.15) is 0 Å². The van der Waals surface area contributed by atoms with E-state index in [1.165, 1.54) is 25.1 Å². The van der Waals surface area contributed by atoms with E-state index >= 15 is 0 Å². The summed E-state index contributed by atoms with van der Waals surface area (Å²) in [5.74, 6) is -0.391. The molecule has 5 heteroatoms. The van der Waals surface area contributed by atoms with Crippen LogP contribution < -0.4 is 4.74 Å². The SMILES string of the molecule is C[C@H](O)c1cccc(F)c1Oc1cc(Cl)ccc1Cl. The lowest BCUT2D eigenvalue weighted by Gasteiger charge is -2.14. The molecule has 1 N–H and O–H groups in total. The fraction of sp³-hybridized carbons (Fsp3) is 0.143. The van der Waals surface area contributed by atoms with Gasteiger partial charge in [-0.15, -0.1) is 0 Å². The predicted molar refractivity (Wildman–Crippen MR) is 73.6 cm³/mol. The Morgan fingerprint density at radius 3 is 2.63 bits per heavy atom. The molecule has 0 fully saturated rings. The van der Waals surface area contributed by atoms with Crippen molar-refractivity contribution >= 4 is 23.2 Å². The molecule has 0 bridgehead atoms. The molecule has 0 aromatic heterocycles. The zero-order valence-corrected chi connectivity index (χ0v) is 11.5. The second kappa shape index (κ2) is 5.78. The average molecular weight is 301 g/mol. The molecule has 0 unspecified atom stereocenters. The second-order valence-electron chi connectivity index (χ2n) is 4.01. The first-order valence-corrected chi connectivity index (χ1v) is 6.34. The van der Waals surface area contributed by atoms with Gasteiger partial charge in [-0.25, -0.2) is 4.39 Å². The number of ether oxygens (including phenoxy) is 1. The Balaban J connectivity index is 2.46. The Kier molecular flexibility index (Phi) is 4.30. The van der Waals surface area contributed by atoms with Crippen molar-refractivity contribution in [3.8, 4) is 11.5 Å². The molecule has 2 aromatic rings. The molecule has 0 aliphatic rings. The van der Waals surface area contributed by atoms with Crippen molar-refractivity contribution in [3.63, 3.8) is 0 Å². The van der Waals surface area contributed by atoms with Crippen LogP contribution in [-0.4, -0.2) is 5.11 Å². The van der Waals surface area contributed by atoms with Crippen LogP contribution in [0, 0.1) is 5.82 Å². The monoisotopic (exact) mass is 300 g/mol. The second-order valence-corrected chi connectivity index (χ2v) is 4.85. The maximum Gasteiger partial charge on any atom is 0.168 e. The number of aliphatic hydroxyl groups excluding tert-OH is 1. The zero-order valence-electron chi connectivity index (χ0n) is 10.0. The Labute approximate surface area is 120 Å². The minimum atomic E-state index is -0.858. The van der Waals surface area contributed by atoms with E-state index in [4.69, 9.17) is 27.9 Å². The predicted octanol–water partition coefficient (Wildman–Crippen LogP) is 4.98. The highest BCUT2D eigenvalue weighted by Crippen LogP contribution is 2.36. The van der Waals surface area contributed by atoms with E-state index in [0.717, 1.165) is 0 Å². The van der Waals surface area contributed by atoms with E-state index in [2.05, 4.69) is 0 Å². The highest BCUT2D eigenvalue weighted by Gasteiger charge is 2.16. The van der Waals surface area contributed by atoms with E-state index in [-0.39, 0.29) is 11.5 Å². The summed E-state index contributed by atoms with van der Waals surface area (Å²) in [6, 6.07) is 8.99. The van der Waals surface area contributed by atoms with Crippen molar-refractivity contribution in [2.75, 3.05) is 0 Å². The van der Waals surface area contributed by atoms with Gasteiger partial charge >= 0.3 is 0 Å². The summed E-state index contributed by atoms with van der Waals surface area (Å²) in [5, 5.41) is 10.4. The number of halogens is 3. The van der Waals surface area contributed by atoms with Crippen LogP contribution in [-0.2, 0) is 0 Å². The molecule has 0 amide bonds. The molecule has 0 aliphatic carbocycles. The minimum absolute atomic E-state index is 0.0540. The molecule has 2 aromatic carbocycles. The third kappa shape index (κ3) is 3.18. The maximum absolute atomic E-state index is 13.8. The summed E-state index contributed by atoms with van der Waals surface area (Å²) in [6.07, 6.45) is -0.858. The van der Waals surface area contributed by atoms with Gasteiger partial charge in [-0.1, -0.05) is 35.3 Å². The Morgan fingerprint density at radius 2 is 1.95 bits per heavy atom. The van der Waals surface area contributed by atoms with Crippen molar-refractivity contribution in [2.24, 2.45) is 0 Å². The van der Waals surface area contributed by atoms with Crippen LogP contribution in [0.5, 0.6) is 11.5 Å². The van der Waals surface area contributed by atoms with E-state index in [9.17, 15) is 9.50 Å². The van der Waals surface area contributed by atoms with Gasteiger partial charge in [0.25, 0.3) is 0 Å². The van der Waals surface area contributed by atoms with Crippen molar-refractivity contribution in [3.05, 3.63) is 57.8 Å². The summed E-state index contributed by atoms with van der Waals surface area (Å²) in [6.45, 7) is 1.53. The minimum Gasteiger partial charge on any atom is -0.452 e. The fourth-order valence-electron chi connectivity index (χ4n) is 1.63. The lowest BCUT2D eigenvalue weighted by Crippen LogP contribution is -1.99. The molecular formula is C14H11Cl2FO2. The molecule has 0 saturated carbocycles. The highest BCUT2D eigenvalue weighted by atomic mass is 35.5. The van der Waals surface area contributed by atoms with Gasteiger partial charge in [0.15, 0.2) is 11.6 Å².